The minimum Gasteiger partial charge on any atom is -0.445 e. The molecule has 0 spiro atoms. The fourth-order valence-corrected chi connectivity index (χ4v) is 2.87. The predicted molar refractivity (Wildman–Crippen MR) is 99.8 cm³/mol. The zero-order chi connectivity index (χ0) is 19.4. The molecule has 1 aliphatic heterocycles. The Hall–Kier alpha value is -2.24. The van der Waals surface area contributed by atoms with E-state index in [2.05, 4.69) is 0 Å². The first-order valence-electron chi connectivity index (χ1n) is 9.03. The summed E-state index contributed by atoms with van der Waals surface area (Å²) < 4.78 is 10.9. The average molecular weight is 362 g/mol. The van der Waals surface area contributed by atoms with Gasteiger partial charge in [-0.25, -0.2) is 9.59 Å². The molecule has 0 aliphatic carbocycles. The Morgan fingerprint density at radius 2 is 1.73 bits per heavy atom. The van der Waals surface area contributed by atoms with Gasteiger partial charge in [-0.05, 0) is 46.1 Å². The van der Waals surface area contributed by atoms with Crippen LogP contribution in [0.4, 0.5) is 9.59 Å². The third-order valence-electron chi connectivity index (χ3n) is 4.78. The Bertz CT molecular complexity index is 616. The van der Waals surface area contributed by atoms with Crippen LogP contribution in [0.2, 0.25) is 0 Å². The van der Waals surface area contributed by atoms with Crippen LogP contribution < -0.4 is 0 Å². The third kappa shape index (κ3) is 5.38. The summed E-state index contributed by atoms with van der Waals surface area (Å²) in [5, 5.41) is 0. The van der Waals surface area contributed by atoms with Crippen LogP contribution in [0, 0.1) is 0 Å². The molecular formula is C20H30N2O4. The maximum absolute atomic E-state index is 12.3. The molecule has 0 bridgehead atoms. The van der Waals surface area contributed by atoms with Crippen LogP contribution in [-0.4, -0.2) is 53.3 Å². The maximum atomic E-state index is 12.3. The van der Waals surface area contributed by atoms with Gasteiger partial charge in [-0.3, -0.25) is 0 Å². The minimum absolute atomic E-state index is 0.269. The molecule has 2 rings (SSSR count). The number of rotatable bonds is 3. The van der Waals surface area contributed by atoms with Crippen molar-refractivity contribution < 1.29 is 19.1 Å². The lowest BCUT2D eigenvalue weighted by atomic mass is 9.88. The number of carbonyl (C=O) groups excluding carboxylic acids is 2. The fraction of sp³-hybridized carbons (Fsp3) is 0.600. The van der Waals surface area contributed by atoms with Gasteiger partial charge in [-0.2, -0.15) is 0 Å². The van der Waals surface area contributed by atoms with Crippen LogP contribution in [0.1, 0.15) is 46.1 Å². The zero-order valence-electron chi connectivity index (χ0n) is 16.4. The summed E-state index contributed by atoms with van der Waals surface area (Å²) in [5.74, 6) is 0. The summed E-state index contributed by atoms with van der Waals surface area (Å²) in [6.07, 6.45) is 0.725. The summed E-state index contributed by atoms with van der Waals surface area (Å²) in [6.45, 7) is 8.97. The second-order valence-electron chi connectivity index (χ2n) is 8.06. The highest BCUT2D eigenvalue weighted by Gasteiger charge is 2.39. The second-order valence-corrected chi connectivity index (χ2v) is 8.06. The van der Waals surface area contributed by atoms with Gasteiger partial charge in [0, 0.05) is 25.7 Å². The van der Waals surface area contributed by atoms with E-state index in [9.17, 15) is 9.59 Å². The smallest absolute Gasteiger partial charge is 0.410 e. The van der Waals surface area contributed by atoms with Crippen LogP contribution in [0.15, 0.2) is 30.3 Å². The van der Waals surface area contributed by atoms with Crippen molar-refractivity contribution in [1.29, 1.82) is 0 Å². The topological polar surface area (TPSA) is 59.1 Å². The first kappa shape index (κ1) is 20.1. The molecule has 1 aromatic carbocycles. The van der Waals surface area contributed by atoms with Gasteiger partial charge in [0.15, 0.2) is 0 Å². The normalized spacial score (nSPS) is 16.7. The number of piperidine rings is 1. The van der Waals surface area contributed by atoms with Crippen LogP contribution in [-0.2, 0) is 16.1 Å². The Kier molecular flexibility index (Phi) is 6.16. The van der Waals surface area contributed by atoms with Gasteiger partial charge in [0.1, 0.15) is 12.2 Å². The molecule has 1 heterocycles. The van der Waals surface area contributed by atoms with Crippen molar-refractivity contribution in [3.63, 3.8) is 0 Å². The lowest BCUT2D eigenvalue weighted by Gasteiger charge is -2.44. The van der Waals surface area contributed by atoms with E-state index in [1.807, 2.05) is 58.0 Å². The maximum Gasteiger partial charge on any atom is 0.410 e. The van der Waals surface area contributed by atoms with Crippen LogP contribution in [0.25, 0.3) is 0 Å². The lowest BCUT2D eigenvalue weighted by Crippen LogP contribution is -2.55. The predicted octanol–water partition coefficient (Wildman–Crippen LogP) is 4.04. The lowest BCUT2D eigenvalue weighted by molar-refractivity contribution is -0.00693. The van der Waals surface area contributed by atoms with E-state index in [4.69, 9.17) is 9.47 Å². The second kappa shape index (κ2) is 7.98. The molecule has 1 saturated heterocycles. The molecular weight excluding hydrogens is 332 g/mol. The molecule has 0 atom stereocenters. The molecule has 1 aliphatic rings. The molecule has 1 aromatic rings. The molecule has 6 nitrogen and oxygen atoms in total. The van der Waals surface area contributed by atoms with E-state index in [1.165, 1.54) is 0 Å². The molecule has 0 aromatic heterocycles. The number of benzene rings is 1. The van der Waals surface area contributed by atoms with Crippen LogP contribution in [0.3, 0.4) is 0 Å². The highest BCUT2D eigenvalue weighted by Crippen LogP contribution is 2.29. The van der Waals surface area contributed by atoms with Crippen molar-refractivity contribution in [1.82, 2.24) is 9.80 Å². The Morgan fingerprint density at radius 1 is 1.15 bits per heavy atom. The van der Waals surface area contributed by atoms with Gasteiger partial charge in [0.05, 0.1) is 0 Å². The number of ether oxygens (including phenoxy) is 2. The summed E-state index contributed by atoms with van der Waals surface area (Å²) >= 11 is 0. The number of hydrogen-bond donors (Lipinski definition) is 0. The van der Waals surface area contributed by atoms with E-state index in [-0.39, 0.29) is 24.3 Å². The van der Waals surface area contributed by atoms with Gasteiger partial charge in [-0.1, -0.05) is 30.3 Å². The Labute approximate surface area is 156 Å². The summed E-state index contributed by atoms with van der Waals surface area (Å²) in [4.78, 5) is 28.0. The SMILES string of the molecule is CN(C(=O)OC(C)(C)C)C1(C)CCN(C(=O)OCc2ccccc2)CC1. The molecule has 0 radical (unpaired) electrons. The molecule has 144 valence electrons. The van der Waals surface area contributed by atoms with E-state index in [1.54, 1.807) is 16.8 Å². The molecule has 0 N–H and O–H groups in total. The van der Waals surface area contributed by atoms with Gasteiger partial charge in [0.2, 0.25) is 0 Å². The number of hydrogen-bond acceptors (Lipinski definition) is 4. The zero-order valence-corrected chi connectivity index (χ0v) is 16.4. The van der Waals surface area contributed by atoms with E-state index in [0.29, 0.717) is 25.9 Å². The minimum atomic E-state index is -0.524. The van der Waals surface area contributed by atoms with Crippen molar-refractivity contribution >= 4 is 12.2 Å². The van der Waals surface area contributed by atoms with E-state index in [0.717, 1.165) is 5.56 Å². The molecule has 26 heavy (non-hydrogen) atoms. The summed E-state index contributed by atoms with van der Waals surface area (Å²) in [5.41, 5.74) is 0.106. The van der Waals surface area contributed by atoms with Crippen molar-refractivity contribution in [2.45, 2.75) is 58.3 Å². The Balaban J connectivity index is 1.85. The van der Waals surface area contributed by atoms with Crippen molar-refractivity contribution in [2.24, 2.45) is 0 Å². The number of likely N-dealkylation sites (tertiary alicyclic amines) is 1. The number of nitrogens with zero attached hydrogens (tertiary/aromatic N) is 2. The molecule has 2 amide bonds. The van der Waals surface area contributed by atoms with Crippen molar-refractivity contribution in [3.05, 3.63) is 35.9 Å². The number of amides is 2. The quantitative estimate of drug-likeness (QED) is 0.814. The van der Waals surface area contributed by atoms with Crippen LogP contribution >= 0.6 is 0 Å². The van der Waals surface area contributed by atoms with Crippen molar-refractivity contribution in [2.75, 3.05) is 20.1 Å². The van der Waals surface area contributed by atoms with E-state index < -0.39 is 5.60 Å². The standard InChI is InChI=1S/C20H30N2O4/c1-19(2,3)26-17(23)21(5)20(4)11-13-22(14-12-20)18(24)25-15-16-9-7-6-8-10-16/h6-10H,11-15H2,1-5H3. The molecule has 1 fully saturated rings. The third-order valence-corrected chi connectivity index (χ3v) is 4.78. The summed E-state index contributed by atoms with van der Waals surface area (Å²) in [6, 6.07) is 9.62. The van der Waals surface area contributed by atoms with E-state index >= 15 is 0 Å². The average Bonchev–Trinajstić information content (AvgIpc) is 2.59. The Morgan fingerprint density at radius 3 is 2.27 bits per heavy atom. The largest absolute Gasteiger partial charge is 0.445 e. The molecule has 6 heteroatoms. The first-order valence-corrected chi connectivity index (χ1v) is 9.03. The highest BCUT2D eigenvalue weighted by atomic mass is 16.6. The number of carbonyl (C=O) groups is 2. The first-order chi connectivity index (χ1) is 12.1. The van der Waals surface area contributed by atoms with Gasteiger partial charge in [-0.15, -0.1) is 0 Å². The molecule has 0 saturated carbocycles. The summed E-state index contributed by atoms with van der Waals surface area (Å²) in [7, 11) is 1.76. The molecule has 0 unspecified atom stereocenters. The van der Waals surface area contributed by atoms with Gasteiger partial charge >= 0.3 is 12.2 Å². The van der Waals surface area contributed by atoms with Crippen LogP contribution in [0.5, 0.6) is 0 Å². The van der Waals surface area contributed by atoms with Crippen molar-refractivity contribution in [3.8, 4) is 0 Å². The van der Waals surface area contributed by atoms with Gasteiger partial charge < -0.3 is 19.3 Å². The fourth-order valence-electron chi connectivity index (χ4n) is 2.87. The monoisotopic (exact) mass is 362 g/mol. The highest BCUT2D eigenvalue weighted by molar-refractivity contribution is 5.69. The van der Waals surface area contributed by atoms with Gasteiger partial charge in [0.25, 0.3) is 0 Å².